The summed E-state index contributed by atoms with van der Waals surface area (Å²) in [6, 6.07) is 0. The highest BCUT2D eigenvalue weighted by molar-refractivity contribution is 6.61. The molecule has 9 heteroatoms. The molecular weight excluding hydrogens is 560 g/mol. The molecule has 0 aromatic carbocycles. The van der Waals surface area contributed by atoms with E-state index in [9.17, 15) is 24.6 Å². The SMILES string of the molecule is C=CC(=O)OCC1C(COC(=O)C=C)C2CC1C1CCCC12.C=COC(=O)Cl.OCC1C(CO)C2CC1C1CCCC12. The normalized spacial score (nSPS) is 39.5. The minimum Gasteiger partial charge on any atom is -0.462 e. The summed E-state index contributed by atoms with van der Waals surface area (Å²) in [6.07, 6.45) is 14.0. The number of carbonyl (C=O) groups excluding carboxylic acids is 3. The number of halogens is 1. The van der Waals surface area contributed by atoms with Crippen molar-refractivity contribution in [2.24, 2.45) is 71.0 Å². The standard InChI is InChI=1S/C18H24O4.C12H20O2.C3H3ClO2/c1-3-17(19)21-9-15-13-8-14(12-7-5-6-11(12)13)16(15)10-22-18(20)4-2;13-5-11-9-4-10(12(11)6-14)8-3-1-2-7(8)9;1-2-6-3(4)5/h3-4,11-16H,1-2,5-10H2;7-14H,1-6H2;2H,1H2. The van der Waals surface area contributed by atoms with Crippen molar-refractivity contribution in [2.75, 3.05) is 26.4 Å². The van der Waals surface area contributed by atoms with Gasteiger partial charge in [0.2, 0.25) is 0 Å². The lowest BCUT2D eigenvalue weighted by molar-refractivity contribution is -0.145. The first-order valence-corrected chi connectivity index (χ1v) is 15.9. The summed E-state index contributed by atoms with van der Waals surface area (Å²) >= 11 is 4.65. The van der Waals surface area contributed by atoms with E-state index in [0.29, 0.717) is 61.9 Å². The van der Waals surface area contributed by atoms with E-state index < -0.39 is 5.43 Å². The third-order valence-electron chi connectivity index (χ3n) is 11.6. The molecule has 42 heavy (non-hydrogen) atoms. The van der Waals surface area contributed by atoms with Gasteiger partial charge >= 0.3 is 17.4 Å². The second-order valence-electron chi connectivity index (χ2n) is 12.9. The third kappa shape index (κ3) is 6.81. The van der Waals surface area contributed by atoms with Gasteiger partial charge in [0, 0.05) is 48.8 Å². The maximum absolute atomic E-state index is 11.4. The predicted octanol–water partition coefficient (Wildman–Crippen LogP) is 5.52. The van der Waals surface area contributed by atoms with Crippen LogP contribution in [0.15, 0.2) is 38.2 Å². The van der Waals surface area contributed by atoms with Crippen LogP contribution in [-0.4, -0.2) is 54.0 Å². The van der Waals surface area contributed by atoms with Crippen molar-refractivity contribution in [2.45, 2.75) is 51.4 Å². The van der Waals surface area contributed by atoms with Crippen molar-refractivity contribution in [3.05, 3.63) is 38.2 Å². The predicted molar refractivity (Wildman–Crippen MR) is 158 cm³/mol. The Morgan fingerprint density at radius 1 is 0.643 bits per heavy atom. The summed E-state index contributed by atoms with van der Waals surface area (Å²) in [4.78, 5) is 32.3. The Bertz CT molecular complexity index is 935. The van der Waals surface area contributed by atoms with E-state index in [0.717, 1.165) is 41.8 Å². The summed E-state index contributed by atoms with van der Waals surface area (Å²) in [5, 5.41) is 18.8. The van der Waals surface area contributed by atoms with E-state index in [2.05, 4.69) is 36.1 Å². The van der Waals surface area contributed by atoms with Gasteiger partial charge in [-0.3, -0.25) is 0 Å². The molecule has 6 saturated carbocycles. The number of rotatable bonds is 9. The first kappa shape index (κ1) is 32.7. The molecule has 0 spiro atoms. The van der Waals surface area contributed by atoms with Gasteiger partial charge in [-0.25, -0.2) is 14.4 Å². The number of hydrogen-bond donors (Lipinski definition) is 2. The van der Waals surface area contributed by atoms with Crippen LogP contribution in [0.3, 0.4) is 0 Å². The quantitative estimate of drug-likeness (QED) is 0.116. The van der Waals surface area contributed by atoms with Crippen LogP contribution in [0.2, 0.25) is 0 Å². The molecule has 8 nitrogen and oxygen atoms in total. The highest BCUT2D eigenvalue weighted by atomic mass is 35.5. The number of aliphatic hydroxyl groups is 2. The molecule has 6 aliphatic carbocycles. The van der Waals surface area contributed by atoms with Gasteiger partial charge in [-0.2, -0.15) is 0 Å². The van der Waals surface area contributed by atoms with Crippen LogP contribution in [0.1, 0.15) is 51.4 Å². The summed E-state index contributed by atoms with van der Waals surface area (Å²) in [5.41, 5.74) is -0.856. The maximum atomic E-state index is 11.4. The van der Waals surface area contributed by atoms with Gasteiger partial charge in [-0.05, 0) is 97.7 Å². The fourth-order valence-electron chi connectivity index (χ4n) is 10.3. The zero-order valence-corrected chi connectivity index (χ0v) is 25.2. The summed E-state index contributed by atoms with van der Waals surface area (Å²) < 4.78 is 14.6. The maximum Gasteiger partial charge on any atom is 0.408 e. The highest BCUT2D eigenvalue weighted by Crippen LogP contribution is 2.64. The lowest BCUT2D eigenvalue weighted by Gasteiger charge is -2.37. The molecule has 12 unspecified atom stereocenters. The Hall–Kier alpha value is -2.16. The van der Waals surface area contributed by atoms with Crippen LogP contribution < -0.4 is 0 Å². The van der Waals surface area contributed by atoms with E-state index in [4.69, 9.17) is 9.47 Å². The van der Waals surface area contributed by atoms with Crippen molar-refractivity contribution in [1.29, 1.82) is 0 Å². The summed E-state index contributed by atoms with van der Waals surface area (Å²) in [5.74, 6) is 6.81. The minimum absolute atomic E-state index is 0.301. The van der Waals surface area contributed by atoms with Crippen molar-refractivity contribution in [3.63, 3.8) is 0 Å². The largest absolute Gasteiger partial charge is 0.462 e. The number of fused-ring (bicyclic) bond motifs is 10. The molecule has 0 aliphatic heterocycles. The van der Waals surface area contributed by atoms with Crippen molar-refractivity contribution in [1.82, 2.24) is 0 Å². The Labute approximate surface area is 254 Å². The molecule has 0 aromatic rings. The van der Waals surface area contributed by atoms with E-state index in [1.165, 1.54) is 63.5 Å². The second-order valence-corrected chi connectivity index (χ2v) is 13.2. The molecule has 6 fully saturated rings. The molecule has 12 atom stereocenters. The highest BCUT2D eigenvalue weighted by Gasteiger charge is 2.59. The van der Waals surface area contributed by atoms with Crippen molar-refractivity contribution >= 4 is 29.0 Å². The molecule has 0 saturated heterocycles. The second kappa shape index (κ2) is 15.0. The van der Waals surface area contributed by atoms with Crippen LogP contribution in [0.25, 0.3) is 0 Å². The zero-order chi connectivity index (χ0) is 30.4. The van der Waals surface area contributed by atoms with Crippen LogP contribution in [0, 0.1) is 71.0 Å². The van der Waals surface area contributed by atoms with Crippen LogP contribution >= 0.6 is 11.6 Å². The van der Waals surface area contributed by atoms with Crippen molar-refractivity contribution < 1.29 is 38.8 Å². The van der Waals surface area contributed by atoms with Crippen LogP contribution in [-0.2, 0) is 23.8 Å². The molecule has 234 valence electrons. The van der Waals surface area contributed by atoms with Crippen LogP contribution in [0.5, 0.6) is 0 Å². The Morgan fingerprint density at radius 2 is 1.00 bits per heavy atom. The third-order valence-corrected chi connectivity index (χ3v) is 11.7. The molecule has 0 aromatic heterocycles. The number of ether oxygens (including phenoxy) is 3. The average Bonchev–Trinajstić information content (AvgIpc) is 3.81. The zero-order valence-electron chi connectivity index (χ0n) is 24.5. The minimum atomic E-state index is -0.856. The lowest BCUT2D eigenvalue weighted by atomic mass is 9.70. The fourth-order valence-corrected chi connectivity index (χ4v) is 10.4. The molecule has 2 N–H and O–H groups in total. The molecule has 0 heterocycles. The van der Waals surface area contributed by atoms with Crippen molar-refractivity contribution in [3.8, 4) is 0 Å². The molecule has 4 bridgehead atoms. The average molecular weight is 607 g/mol. The molecule has 6 rings (SSSR count). The van der Waals surface area contributed by atoms with Gasteiger partial charge in [0.25, 0.3) is 0 Å². The number of hydrogen-bond acceptors (Lipinski definition) is 8. The number of aliphatic hydroxyl groups excluding tert-OH is 2. The van der Waals surface area contributed by atoms with Gasteiger partial charge in [0.15, 0.2) is 0 Å². The van der Waals surface area contributed by atoms with Gasteiger partial charge < -0.3 is 24.4 Å². The van der Waals surface area contributed by atoms with E-state index in [-0.39, 0.29) is 11.9 Å². The number of carbonyl (C=O) groups is 3. The van der Waals surface area contributed by atoms with Gasteiger partial charge in [0.05, 0.1) is 19.5 Å². The molecular formula is C33H47ClO8. The fraction of sp³-hybridized carbons (Fsp3) is 0.727. The Morgan fingerprint density at radius 3 is 1.26 bits per heavy atom. The van der Waals surface area contributed by atoms with E-state index in [1.54, 1.807) is 0 Å². The summed E-state index contributed by atoms with van der Waals surface area (Å²) in [7, 11) is 0. The smallest absolute Gasteiger partial charge is 0.408 e. The van der Waals surface area contributed by atoms with E-state index in [1.807, 2.05) is 0 Å². The Balaban J connectivity index is 0.000000172. The number of esters is 2. The van der Waals surface area contributed by atoms with Gasteiger partial charge in [-0.15, -0.1) is 0 Å². The first-order chi connectivity index (χ1) is 20.3. The Kier molecular flexibility index (Phi) is 11.7. The lowest BCUT2D eigenvalue weighted by Crippen LogP contribution is -2.38. The topological polar surface area (TPSA) is 119 Å². The first-order valence-electron chi connectivity index (χ1n) is 15.6. The monoisotopic (exact) mass is 606 g/mol. The molecule has 0 radical (unpaired) electrons. The summed E-state index contributed by atoms with van der Waals surface area (Å²) in [6.45, 7) is 11.4. The molecule has 0 amide bonds. The van der Waals surface area contributed by atoms with Gasteiger partial charge in [0.1, 0.15) is 0 Å². The van der Waals surface area contributed by atoms with Gasteiger partial charge in [-0.1, -0.05) is 32.6 Å². The van der Waals surface area contributed by atoms with Crippen LogP contribution in [0.4, 0.5) is 4.79 Å². The molecule has 6 aliphatic rings. The van der Waals surface area contributed by atoms with E-state index >= 15 is 0 Å².